The number of sulfone groups is 1. The highest BCUT2D eigenvalue weighted by Gasteiger charge is 2.13. The molecule has 2 rings (SSSR count). The van der Waals surface area contributed by atoms with Crippen molar-refractivity contribution < 1.29 is 8.42 Å². The van der Waals surface area contributed by atoms with Gasteiger partial charge in [0, 0.05) is 11.1 Å². The first-order chi connectivity index (χ1) is 6.07. The van der Waals surface area contributed by atoms with Crippen molar-refractivity contribution in [2.45, 2.75) is 4.90 Å². The Bertz CT molecular complexity index is 466. The van der Waals surface area contributed by atoms with Crippen molar-refractivity contribution in [2.75, 3.05) is 6.26 Å². The molecule has 1 aliphatic heterocycles. The Labute approximate surface area is 81.1 Å². The predicted octanol–water partition coefficient (Wildman–Crippen LogP) is 2.26. The van der Waals surface area contributed by atoms with E-state index in [0.717, 1.165) is 10.4 Å². The van der Waals surface area contributed by atoms with E-state index in [1.807, 2.05) is 17.5 Å². The fourth-order valence-electron chi connectivity index (χ4n) is 1.18. The Balaban J connectivity index is 2.71. The summed E-state index contributed by atoms with van der Waals surface area (Å²) in [5, 5.41) is 1.94. The van der Waals surface area contributed by atoms with Crippen LogP contribution in [0.3, 0.4) is 0 Å². The average Bonchev–Trinajstić information content (AvgIpc) is 2.45. The van der Waals surface area contributed by atoms with Crippen molar-refractivity contribution in [3.05, 3.63) is 29.6 Å². The summed E-state index contributed by atoms with van der Waals surface area (Å²) < 4.78 is 22.4. The molecule has 0 spiro atoms. The summed E-state index contributed by atoms with van der Waals surface area (Å²) in [5.74, 6) is 0. The third-order valence-corrected chi connectivity index (χ3v) is 3.83. The van der Waals surface area contributed by atoms with Gasteiger partial charge in [-0.05, 0) is 23.1 Å². The summed E-state index contributed by atoms with van der Waals surface area (Å²) in [6.07, 6.45) is 1.23. The number of hydrogen-bond donors (Lipinski definition) is 0. The summed E-state index contributed by atoms with van der Waals surface area (Å²) in [7, 11) is -3.06. The summed E-state index contributed by atoms with van der Waals surface area (Å²) >= 11 is 1.55. The van der Waals surface area contributed by atoms with E-state index < -0.39 is 9.84 Å². The van der Waals surface area contributed by atoms with Gasteiger partial charge in [0.05, 0.1) is 4.90 Å². The molecule has 0 atom stereocenters. The molecule has 2 nitrogen and oxygen atoms in total. The third kappa shape index (κ3) is 1.59. The van der Waals surface area contributed by atoms with Gasteiger partial charge in [-0.15, -0.1) is 11.3 Å². The largest absolute Gasteiger partial charge is 0.224 e. The Morgan fingerprint density at radius 3 is 2.69 bits per heavy atom. The van der Waals surface area contributed by atoms with Crippen molar-refractivity contribution in [3.63, 3.8) is 0 Å². The lowest BCUT2D eigenvalue weighted by Crippen LogP contribution is -1.93. The van der Waals surface area contributed by atoms with Crippen LogP contribution in [0.15, 0.2) is 34.5 Å². The van der Waals surface area contributed by atoms with E-state index in [9.17, 15) is 8.42 Å². The van der Waals surface area contributed by atoms with Crippen LogP contribution >= 0.6 is 11.3 Å². The molecular formula is C9H8O2S2. The zero-order valence-corrected chi connectivity index (χ0v) is 8.65. The van der Waals surface area contributed by atoms with Crippen LogP contribution in [0.1, 0.15) is 0 Å². The number of rotatable bonds is 1. The van der Waals surface area contributed by atoms with Gasteiger partial charge < -0.3 is 0 Å². The van der Waals surface area contributed by atoms with Crippen LogP contribution in [-0.4, -0.2) is 14.7 Å². The normalized spacial score (nSPS) is 12.1. The number of hydrogen-bond acceptors (Lipinski definition) is 3. The van der Waals surface area contributed by atoms with Crippen LogP contribution in [-0.2, 0) is 9.84 Å². The van der Waals surface area contributed by atoms with Gasteiger partial charge in [0.2, 0.25) is 0 Å². The molecule has 0 amide bonds. The zero-order chi connectivity index (χ0) is 9.47. The fraction of sp³-hybridized carbons (Fsp3) is 0.111. The Kier molecular flexibility index (Phi) is 1.89. The molecule has 0 unspecified atom stereocenters. The van der Waals surface area contributed by atoms with Crippen LogP contribution in [0, 0.1) is 0 Å². The van der Waals surface area contributed by atoms with Crippen molar-refractivity contribution >= 4 is 21.2 Å². The Morgan fingerprint density at radius 1 is 1.31 bits per heavy atom. The van der Waals surface area contributed by atoms with Gasteiger partial charge in [-0.25, -0.2) is 8.42 Å². The molecule has 2 aliphatic rings. The van der Waals surface area contributed by atoms with E-state index in [4.69, 9.17) is 0 Å². The second-order valence-electron chi connectivity index (χ2n) is 2.90. The van der Waals surface area contributed by atoms with Crippen LogP contribution in [0.5, 0.6) is 0 Å². The van der Waals surface area contributed by atoms with Gasteiger partial charge >= 0.3 is 0 Å². The van der Waals surface area contributed by atoms with Crippen LogP contribution in [0.2, 0.25) is 0 Å². The van der Waals surface area contributed by atoms with E-state index in [-0.39, 0.29) is 0 Å². The first-order valence-electron chi connectivity index (χ1n) is 3.75. The smallest absolute Gasteiger partial charge is 0.175 e. The molecule has 0 aromatic carbocycles. The first-order valence-corrected chi connectivity index (χ1v) is 6.52. The molecule has 0 aromatic rings. The molecule has 68 valence electrons. The lowest BCUT2D eigenvalue weighted by molar-refractivity contribution is 0.602. The molecule has 4 heteroatoms. The first kappa shape index (κ1) is 8.72. The summed E-state index contributed by atoms with van der Waals surface area (Å²) in [5.41, 5.74) is 0.993. The summed E-state index contributed by atoms with van der Waals surface area (Å²) in [4.78, 5) is 1.42. The van der Waals surface area contributed by atoms with E-state index in [1.165, 1.54) is 6.26 Å². The van der Waals surface area contributed by atoms with Crippen molar-refractivity contribution in [1.82, 2.24) is 0 Å². The van der Waals surface area contributed by atoms with Gasteiger partial charge in [-0.3, -0.25) is 0 Å². The highest BCUT2D eigenvalue weighted by Crippen LogP contribution is 2.31. The molecule has 1 aliphatic carbocycles. The fourth-order valence-corrected chi connectivity index (χ4v) is 2.69. The maximum Gasteiger partial charge on any atom is 0.175 e. The minimum atomic E-state index is -3.06. The van der Waals surface area contributed by atoms with Gasteiger partial charge in [-0.2, -0.15) is 0 Å². The quantitative estimate of drug-likeness (QED) is 0.726. The minimum Gasteiger partial charge on any atom is -0.224 e. The van der Waals surface area contributed by atoms with E-state index in [0.29, 0.717) is 4.90 Å². The summed E-state index contributed by atoms with van der Waals surface area (Å²) in [6.45, 7) is 0. The minimum absolute atomic E-state index is 0.407. The van der Waals surface area contributed by atoms with Crippen molar-refractivity contribution in [3.8, 4) is 10.4 Å². The molecule has 0 saturated heterocycles. The maximum atomic E-state index is 11.2. The van der Waals surface area contributed by atoms with Crippen LogP contribution in [0.4, 0.5) is 0 Å². The van der Waals surface area contributed by atoms with Gasteiger partial charge in [-0.1, -0.05) is 12.1 Å². The molecule has 13 heavy (non-hydrogen) atoms. The molecule has 1 heterocycles. The maximum absolute atomic E-state index is 11.2. The Morgan fingerprint density at radius 2 is 2.08 bits per heavy atom. The molecule has 0 aromatic heterocycles. The summed E-state index contributed by atoms with van der Waals surface area (Å²) in [6, 6.07) is 7.26. The number of fused-ring (bicyclic) bond motifs is 1. The lowest BCUT2D eigenvalue weighted by atomic mass is 10.3. The van der Waals surface area contributed by atoms with Crippen LogP contribution < -0.4 is 0 Å². The van der Waals surface area contributed by atoms with Gasteiger partial charge in [0.25, 0.3) is 0 Å². The predicted molar refractivity (Wildman–Crippen MR) is 54.1 cm³/mol. The van der Waals surface area contributed by atoms with Crippen molar-refractivity contribution in [2.24, 2.45) is 0 Å². The van der Waals surface area contributed by atoms with E-state index >= 15 is 0 Å². The highest BCUT2D eigenvalue weighted by molar-refractivity contribution is 7.90. The molecule has 0 N–H and O–H groups in total. The second-order valence-corrected chi connectivity index (χ2v) is 5.86. The van der Waals surface area contributed by atoms with Gasteiger partial charge in [0.15, 0.2) is 9.84 Å². The molecular weight excluding hydrogens is 204 g/mol. The SMILES string of the molecule is CS(=O)(=O)c1cc2cccsc-2c1. The monoisotopic (exact) mass is 212 g/mol. The van der Waals surface area contributed by atoms with E-state index in [2.05, 4.69) is 0 Å². The molecule has 0 radical (unpaired) electrons. The van der Waals surface area contributed by atoms with Crippen molar-refractivity contribution in [1.29, 1.82) is 0 Å². The standard InChI is InChI=1S/C9H8O2S2/c1-13(10,11)8-5-7-3-2-4-12-9(7)6-8/h2-6H,1H3. The lowest BCUT2D eigenvalue weighted by Gasteiger charge is -1.91. The molecule has 0 saturated carbocycles. The van der Waals surface area contributed by atoms with Crippen LogP contribution in [0.25, 0.3) is 10.4 Å². The molecule has 0 fully saturated rings. The van der Waals surface area contributed by atoms with Gasteiger partial charge in [0.1, 0.15) is 0 Å². The van der Waals surface area contributed by atoms with E-state index in [1.54, 1.807) is 23.5 Å². The topological polar surface area (TPSA) is 34.1 Å². The highest BCUT2D eigenvalue weighted by atomic mass is 32.2. The molecule has 0 bridgehead atoms. The Hall–Kier alpha value is -0.870. The zero-order valence-electron chi connectivity index (χ0n) is 7.02. The third-order valence-electron chi connectivity index (χ3n) is 1.83. The average molecular weight is 212 g/mol. The second kappa shape index (κ2) is 2.82.